The first-order valence-electron chi connectivity index (χ1n) is 9.34. The molecule has 1 fully saturated rings. The van der Waals surface area contributed by atoms with Crippen molar-refractivity contribution in [2.45, 2.75) is 13.1 Å². The van der Waals surface area contributed by atoms with E-state index in [2.05, 4.69) is 55.4 Å². The molecule has 2 aromatic heterocycles. The van der Waals surface area contributed by atoms with Crippen LogP contribution in [0.25, 0.3) is 0 Å². The Morgan fingerprint density at radius 2 is 1.59 bits per heavy atom. The van der Waals surface area contributed by atoms with Crippen LogP contribution >= 0.6 is 0 Å². The molecule has 1 N–H and O–H groups in total. The zero-order valence-electron chi connectivity index (χ0n) is 15.3. The Kier molecular flexibility index (Phi) is 5.55. The van der Waals surface area contributed by atoms with Crippen LogP contribution in [0.1, 0.15) is 11.1 Å². The number of nitrogens with zero attached hydrogens (tertiary/aromatic N) is 5. The van der Waals surface area contributed by atoms with Gasteiger partial charge in [-0.2, -0.15) is 4.98 Å². The van der Waals surface area contributed by atoms with Crippen LogP contribution in [-0.2, 0) is 13.1 Å². The number of anilines is 2. The minimum Gasteiger partial charge on any atom is -0.354 e. The van der Waals surface area contributed by atoms with Gasteiger partial charge in [0.1, 0.15) is 5.82 Å². The molecule has 0 saturated carbocycles. The molecule has 0 atom stereocenters. The van der Waals surface area contributed by atoms with Crippen molar-refractivity contribution in [3.05, 3.63) is 78.2 Å². The molecule has 1 aliphatic heterocycles. The predicted octanol–water partition coefficient (Wildman–Crippen LogP) is 2.81. The second-order valence-corrected chi connectivity index (χ2v) is 6.70. The van der Waals surface area contributed by atoms with E-state index in [-0.39, 0.29) is 0 Å². The summed E-state index contributed by atoms with van der Waals surface area (Å²) in [5, 5.41) is 3.29. The van der Waals surface area contributed by atoms with Crippen molar-refractivity contribution >= 4 is 11.8 Å². The third-order valence-corrected chi connectivity index (χ3v) is 4.79. The molecule has 1 saturated heterocycles. The van der Waals surface area contributed by atoms with Crippen LogP contribution in [0.5, 0.6) is 0 Å². The minimum atomic E-state index is 0.663. The number of pyridine rings is 1. The van der Waals surface area contributed by atoms with Crippen molar-refractivity contribution in [3.63, 3.8) is 0 Å². The van der Waals surface area contributed by atoms with Crippen molar-refractivity contribution < 1.29 is 0 Å². The molecule has 1 aromatic carbocycles. The number of aromatic nitrogens is 3. The topological polar surface area (TPSA) is 57.2 Å². The Labute approximate surface area is 159 Å². The van der Waals surface area contributed by atoms with E-state index >= 15 is 0 Å². The number of nitrogens with one attached hydrogen (secondary N) is 1. The maximum atomic E-state index is 4.69. The highest BCUT2D eigenvalue weighted by atomic mass is 15.3. The van der Waals surface area contributed by atoms with Crippen LogP contribution in [0.2, 0.25) is 0 Å². The molecule has 138 valence electrons. The molecule has 27 heavy (non-hydrogen) atoms. The average Bonchev–Trinajstić information content (AvgIpc) is 2.75. The first-order valence-corrected chi connectivity index (χ1v) is 9.34. The predicted molar refractivity (Wildman–Crippen MR) is 108 cm³/mol. The number of hydrogen-bond acceptors (Lipinski definition) is 6. The normalized spacial score (nSPS) is 14.9. The van der Waals surface area contributed by atoms with Gasteiger partial charge in [-0.1, -0.05) is 30.3 Å². The van der Waals surface area contributed by atoms with Crippen LogP contribution < -0.4 is 10.2 Å². The number of hydrogen-bond donors (Lipinski definition) is 1. The second kappa shape index (κ2) is 8.60. The van der Waals surface area contributed by atoms with Gasteiger partial charge in [-0.15, -0.1) is 0 Å². The van der Waals surface area contributed by atoms with Gasteiger partial charge in [-0.3, -0.25) is 9.88 Å². The molecule has 6 nitrogen and oxygen atoms in total. The fraction of sp³-hybridized carbons (Fsp3) is 0.286. The van der Waals surface area contributed by atoms with Gasteiger partial charge >= 0.3 is 0 Å². The Hall–Kier alpha value is -2.99. The number of rotatable bonds is 6. The lowest BCUT2D eigenvalue weighted by molar-refractivity contribution is 0.249. The molecule has 4 rings (SSSR count). The molecule has 0 unspecified atom stereocenters. The molecule has 0 amide bonds. The van der Waals surface area contributed by atoms with E-state index in [0.29, 0.717) is 12.5 Å². The van der Waals surface area contributed by atoms with Gasteiger partial charge in [0.05, 0.1) is 0 Å². The largest absolute Gasteiger partial charge is 0.354 e. The molecule has 3 aromatic rings. The van der Waals surface area contributed by atoms with E-state index in [1.807, 2.05) is 24.4 Å². The highest BCUT2D eigenvalue weighted by molar-refractivity contribution is 5.43. The average molecular weight is 360 g/mol. The molecular formula is C21H24N6. The van der Waals surface area contributed by atoms with Crippen LogP contribution in [-0.4, -0.2) is 46.0 Å². The maximum Gasteiger partial charge on any atom is 0.224 e. The first kappa shape index (κ1) is 17.4. The van der Waals surface area contributed by atoms with Gasteiger partial charge in [0.15, 0.2) is 0 Å². The SMILES string of the molecule is c1ccc(CN2CCN(c3ccnc(NCc4ccncc4)n3)CC2)cc1. The van der Waals surface area contributed by atoms with Crippen LogP contribution in [0, 0.1) is 0 Å². The van der Waals surface area contributed by atoms with Crippen molar-refractivity contribution in [2.24, 2.45) is 0 Å². The summed E-state index contributed by atoms with van der Waals surface area (Å²) in [6.07, 6.45) is 5.42. The molecule has 1 aliphatic rings. The van der Waals surface area contributed by atoms with Crippen LogP contribution in [0.15, 0.2) is 67.1 Å². The van der Waals surface area contributed by atoms with E-state index in [0.717, 1.165) is 44.1 Å². The summed E-state index contributed by atoms with van der Waals surface area (Å²) in [7, 11) is 0. The Morgan fingerprint density at radius 1 is 0.815 bits per heavy atom. The van der Waals surface area contributed by atoms with E-state index in [4.69, 9.17) is 4.98 Å². The van der Waals surface area contributed by atoms with E-state index in [9.17, 15) is 0 Å². The maximum absolute atomic E-state index is 4.69. The third kappa shape index (κ3) is 4.80. The number of piperazine rings is 1. The van der Waals surface area contributed by atoms with Crippen molar-refractivity contribution in [1.29, 1.82) is 0 Å². The summed E-state index contributed by atoms with van der Waals surface area (Å²) in [6, 6.07) is 16.6. The van der Waals surface area contributed by atoms with Gasteiger partial charge in [0.25, 0.3) is 0 Å². The zero-order chi connectivity index (χ0) is 18.3. The van der Waals surface area contributed by atoms with E-state index in [1.54, 1.807) is 12.4 Å². The van der Waals surface area contributed by atoms with Gasteiger partial charge in [0.2, 0.25) is 5.95 Å². The lowest BCUT2D eigenvalue weighted by atomic mass is 10.2. The molecule has 0 spiro atoms. The summed E-state index contributed by atoms with van der Waals surface area (Å²) < 4.78 is 0. The smallest absolute Gasteiger partial charge is 0.224 e. The standard InChI is InChI=1S/C21H24N6/c1-2-4-19(5-3-1)17-26-12-14-27(15-13-26)20-8-11-23-21(25-20)24-16-18-6-9-22-10-7-18/h1-11H,12-17H2,(H,23,24,25). The minimum absolute atomic E-state index is 0.663. The van der Waals surface area contributed by atoms with Gasteiger partial charge in [-0.05, 0) is 29.3 Å². The fourth-order valence-corrected chi connectivity index (χ4v) is 3.27. The Morgan fingerprint density at radius 3 is 2.37 bits per heavy atom. The van der Waals surface area contributed by atoms with Gasteiger partial charge < -0.3 is 10.2 Å². The molecule has 6 heteroatoms. The van der Waals surface area contributed by atoms with Crippen LogP contribution in [0.3, 0.4) is 0 Å². The monoisotopic (exact) mass is 360 g/mol. The first-order chi connectivity index (χ1) is 13.4. The molecular weight excluding hydrogens is 336 g/mol. The summed E-state index contributed by atoms with van der Waals surface area (Å²) in [4.78, 5) is 17.9. The van der Waals surface area contributed by atoms with Gasteiger partial charge in [-0.25, -0.2) is 4.98 Å². The molecule has 3 heterocycles. The summed E-state index contributed by atoms with van der Waals surface area (Å²) in [5.74, 6) is 1.65. The van der Waals surface area contributed by atoms with E-state index in [1.165, 1.54) is 5.56 Å². The van der Waals surface area contributed by atoms with Crippen LogP contribution in [0.4, 0.5) is 11.8 Å². The molecule has 0 radical (unpaired) electrons. The van der Waals surface area contributed by atoms with Crippen molar-refractivity contribution in [1.82, 2.24) is 19.9 Å². The third-order valence-electron chi connectivity index (χ3n) is 4.79. The lowest BCUT2D eigenvalue weighted by Crippen LogP contribution is -2.46. The van der Waals surface area contributed by atoms with Gasteiger partial charge in [0, 0.05) is 57.9 Å². The zero-order valence-corrected chi connectivity index (χ0v) is 15.3. The molecule has 0 bridgehead atoms. The quantitative estimate of drug-likeness (QED) is 0.729. The van der Waals surface area contributed by atoms with E-state index < -0.39 is 0 Å². The highest BCUT2D eigenvalue weighted by Crippen LogP contribution is 2.16. The highest BCUT2D eigenvalue weighted by Gasteiger charge is 2.18. The lowest BCUT2D eigenvalue weighted by Gasteiger charge is -2.35. The Balaban J connectivity index is 1.32. The second-order valence-electron chi connectivity index (χ2n) is 6.70. The molecule has 0 aliphatic carbocycles. The Bertz CT molecular complexity index is 832. The van der Waals surface area contributed by atoms with Crippen molar-refractivity contribution in [2.75, 3.05) is 36.4 Å². The fourth-order valence-electron chi connectivity index (χ4n) is 3.27. The number of benzene rings is 1. The summed E-state index contributed by atoms with van der Waals surface area (Å²) in [5.41, 5.74) is 2.53. The summed E-state index contributed by atoms with van der Waals surface area (Å²) in [6.45, 7) is 5.74. The summed E-state index contributed by atoms with van der Waals surface area (Å²) >= 11 is 0. The van der Waals surface area contributed by atoms with Crippen molar-refractivity contribution in [3.8, 4) is 0 Å².